The standard InChI is InChI=1S/C11H12N2O3/c1-11(10(15)16-2)12-8-6-4-3-5-7(8)9(14)13-11/h3-6,12H,1-2H3,(H,13,14)/t11-/m0/s1. The van der Waals surface area contributed by atoms with Crippen LogP contribution in [0.25, 0.3) is 0 Å². The molecule has 0 aliphatic carbocycles. The Hall–Kier alpha value is -2.04. The van der Waals surface area contributed by atoms with Gasteiger partial charge in [-0.1, -0.05) is 12.1 Å². The van der Waals surface area contributed by atoms with Gasteiger partial charge in [0.05, 0.1) is 12.7 Å². The summed E-state index contributed by atoms with van der Waals surface area (Å²) in [5, 5.41) is 5.52. The van der Waals surface area contributed by atoms with Crippen LogP contribution < -0.4 is 10.6 Å². The predicted octanol–water partition coefficient (Wildman–Crippen LogP) is 0.731. The molecule has 0 saturated carbocycles. The van der Waals surface area contributed by atoms with Crippen molar-refractivity contribution in [3.8, 4) is 0 Å². The minimum atomic E-state index is -1.21. The van der Waals surface area contributed by atoms with E-state index in [1.165, 1.54) is 7.11 Å². The fourth-order valence-corrected chi connectivity index (χ4v) is 1.69. The van der Waals surface area contributed by atoms with Crippen molar-refractivity contribution in [3.63, 3.8) is 0 Å². The Bertz CT molecular complexity index is 458. The molecule has 1 atom stereocenters. The largest absolute Gasteiger partial charge is 0.466 e. The fraction of sp³-hybridized carbons (Fsp3) is 0.273. The van der Waals surface area contributed by atoms with Gasteiger partial charge in [-0.15, -0.1) is 0 Å². The summed E-state index contributed by atoms with van der Waals surface area (Å²) in [5.41, 5.74) is -0.0665. The van der Waals surface area contributed by atoms with Gasteiger partial charge in [-0.25, -0.2) is 4.79 Å². The first-order valence-corrected chi connectivity index (χ1v) is 4.85. The van der Waals surface area contributed by atoms with Gasteiger partial charge in [0.2, 0.25) is 5.66 Å². The third-order valence-corrected chi connectivity index (χ3v) is 2.51. The molecule has 0 fully saturated rings. The molecule has 0 aromatic heterocycles. The van der Waals surface area contributed by atoms with Crippen molar-refractivity contribution >= 4 is 17.6 Å². The van der Waals surface area contributed by atoms with Crippen molar-refractivity contribution in [2.75, 3.05) is 12.4 Å². The van der Waals surface area contributed by atoms with E-state index >= 15 is 0 Å². The van der Waals surface area contributed by atoms with Crippen LogP contribution in [0.2, 0.25) is 0 Å². The average Bonchev–Trinajstić information content (AvgIpc) is 2.27. The summed E-state index contributed by atoms with van der Waals surface area (Å²) >= 11 is 0. The van der Waals surface area contributed by atoms with Crippen molar-refractivity contribution in [1.29, 1.82) is 0 Å². The Balaban J connectivity index is 2.41. The molecule has 1 heterocycles. The van der Waals surface area contributed by atoms with Crippen LogP contribution in [0.4, 0.5) is 5.69 Å². The number of anilines is 1. The van der Waals surface area contributed by atoms with Gasteiger partial charge in [0.15, 0.2) is 0 Å². The summed E-state index contributed by atoms with van der Waals surface area (Å²) in [6, 6.07) is 6.99. The molecule has 1 amide bonds. The van der Waals surface area contributed by atoms with Crippen LogP contribution in [0.5, 0.6) is 0 Å². The lowest BCUT2D eigenvalue weighted by atomic mass is 10.0. The van der Waals surface area contributed by atoms with Gasteiger partial charge < -0.3 is 15.4 Å². The maximum atomic E-state index is 11.8. The molecule has 0 saturated heterocycles. The number of nitrogens with one attached hydrogen (secondary N) is 2. The van der Waals surface area contributed by atoms with Crippen LogP contribution in [0, 0.1) is 0 Å². The number of ether oxygens (including phenoxy) is 1. The quantitative estimate of drug-likeness (QED) is 0.685. The summed E-state index contributed by atoms with van der Waals surface area (Å²) in [6.45, 7) is 1.56. The van der Waals surface area contributed by atoms with Crippen molar-refractivity contribution in [2.24, 2.45) is 0 Å². The number of esters is 1. The molecule has 0 unspecified atom stereocenters. The van der Waals surface area contributed by atoms with Crippen LogP contribution in [0.1, 0.15) is 17.3 Å². The van der Waals surface area contributed by atoms with Crippen LogP contribution in [0.15, 0.2) is 24.3 Å². The first kappa shape index (κ1) is 10.5. The molecule has 5 heteroatoms. The zero-order valence-corrected chi connectivity index (χ0v) is 9.03. The molecule has 2 N–H and O–H groups in total. The SMILES string of the molecule is COC(=O)[C@]1(C)NC(=O)c2ccccc2N1. The van der Waals surface area contributed by atoms with E-state index in [-0.39, 0.29) is 5.91 Å². The minimum absolute atomic E-state index is 0.290. The van der Waals surface area contributed by atoms with Crippen LogP contribution in [-0.4, -0.2) is 24.6 Å². The zero-order valence-electron chi connectivity index (χ0n) is 9.03. The summed E-state index contributed by atoms with van der Waals surface area (Å²) < 4.78 is 4.64. The Morgan fingerprint density at radius 2 is 2.00 bits per heavy atom. The highest BCUT2D eigenvalue weighted by molar-refractivity contribution is 6.06. The van der Waals surface area contributed by atoms with Gasteiger partial charge in [0.1, 0.15) is 0 Å². The second-order valence-electron chi connectivity index (χ2n) is 3.74. The number of benzene rings is 1. The molecular weight excluding hydrogens is 208 g/mol. The van der Waals surface area contributed by atoms with Gasteiger partial charge in [-0.3, -0.25) is 4.79 Å². The molecule has 2 rings (SSSR count). The number of carbonyl (C=O) groups is 2. The topological polar surface area (TPSA) is 67.4 Å². The Kier molecular flexibility index (Phi) is 2.30. The maximum Gasteiger partial charge on any atom is 0.352 e. The molecule has 5 nitrogen and oxygen atoms in total. The van der Waals surface area contributed by atoms with E-state index in [1.807, 2.05) is 0 Å². The average molecular weight is 220 g/mol. The summed E-state index contributed by atoms with van der Waals surface area (Å²) in [6.07, 6.45) is 0. The van der Waals surface area contributed by atoms with Crippen molar-refractivity contribution in [3.05, 3.63) is 29.8 Å². The molecule has 1 aliphatic heterocycles. The molecule has 1 aliphatic rings. The second-order valence-corrected chi connectivity index (χ2v) is 3.74. The lowest BCUT2D eigenvalue weighted by Gasteiger charge is -2.34. The van der Waals surface area contributed by atoms with E-state index in [1.54, 1.807) is 31.2 Å². The lowest BCUT2D eigenvalue weighted by Crippen LogP contribution is -2.61. The van der Waals surface area contributed by atoms with E-state index in [0.29, 0.717) is 11.3 Å². The van der Waals surface area contributed by atoms with Gasteiger partial charge in [0.25, 0.3) is 5.91 Å². The normalized spacial score (nSPS) is 22.8. The zero-order chi connectivity index (χ0) is 11.8. The predicted molar refractivity (Wildman–Crippen MR) is 58.0 cm³/mol. The van der Waals surface area contributed by atoms with Crippen LogP contribution in [0.3, 0.4) is 0 Å². The third kappa shape index (κ3) is 1.50. The molecular formula is C11H12N2O3. The van der Waals surface area contributed by atoms with Gasteiger partial charge >= 0.3 is 5.97 Å². The highest BCUT2D eigenvalue weighted by atomic mass is 16.5. The number of carbonyl (C=O) groups excluding carboxylic acids is 2. The first-order chi connectivity index (χ1) is 7.57. The van der Waals surface area contributed by atoms with Crippen molar-refractivity contribution in [2.45, 2.75) is 12.6 Å². The summed E-state index contributed by atoms with van der Waals surface area (Å²) in [7, 11) is 1.28. The number of rotatable bonds is 1. The van der Waals surface area contributed by atoms with E-state index in [0.717, 1.165) is 0 Å². The van der Waals surface area contributed by atoms with E-state index < -0.39 is 11.6 Å². The van der Waals surface area contributed by atoms with Crippen molar-refractivity contribution in [1.82, 2.24) is 5.32 Å². The third-order valence-electron chi connectivity index (χ3n) is 2.51. The molecule has 0 spiro atoms. The molecule has 1 aromatic rings. The van der Waals surface area contributed by atoms with Gasteiger partial charge in [0, 0.05) is 5.69 Å². The number of fused-ring (bicyclic) bond motifs is 1. The maximum absolute atomic E-state index is 11.8. The Labute approximate surface area is 92.8 Å². The molecule has 0 radical (unpaired) electrons. The number of para-hydroxylation sites is 1. The first-order valence-electron chi connectivity index (χ1n) is 4.85. The molecule has 16 heavy (non-hydrogen) atoms. The summed E-state index contributed by atoms with van der Waals surface area (Å²) in [4.78, 5) is 23.3. The lowest BCUT2D eigenvalue weighted by molar-refractivity contribution is -0.146. The minimum Gasteiger partial charge on any atom is -0.466 e. The van der Waals surface area contributed by atoms with Gasteiger partial charge in [-0.2, -0.15) is 0 Å². The highest BCUT2D eigenvalue weighted by Crippen LogP contribution is 2.24. The number of methoxy groups -OCH3 is 1. The molecule has 0 bridgehead atoms. The highest BCUT2D eigenvalue weighted by Gasteiger charge is 2.40. The van der Waals surface area contributed by atoms with E-state index in [2.05, 4.69) is 15.4 Å². The number of amides is 1. The Morgan fingerprint density at radius 3 is 2.69 bits per heavy atom. The van der Waals surface area contributed by atoms with Crippen LogP contribution in [-0.2, 0) is 9.53 Å². The number of hydrogen-bond acceptors (Lipinski definition) is 4. The van der Waals surface area contributed by atoms with Crippen LogP contribution >= 0.6 is 0 Å². The van der Waals surface area contributed by atoms with E-state index in [9.17, 15) is 9.59 Å². The monoisotopic (exact) mass is 220 g/mol. The smallest absolute Gasteiger partial charge is 0.352 e. The number of hydrogen-bond donors (Lipinski definition) is 2. The summed E-state index contributed by atoms with van der Waals surface area (Å²) in [5.74, 6) is -0.822. The van der Waals surface area contributed by atoms with Crippen molar-refractivity contribution < 1.29 is 14.3 Å². The van der Waals surface area contributed by atoms with Gasteiger partial charge in [-0.05, 0) is 19.1 Å². The molecule has 84 valence electrons. The Morgan fingerprint density at radius 1 is 1.31 bits per heavy atom. The fourth-order valence-electron chi connectivity index (χ4n) is 1.69. The van der Waals surface area contributed by atoms with E-state index in [4.69, 9.17) is 0 Å². The second kappa shape index (κ2) is 3.52. The molecule has 1 aromatic carbocycles.